The van der Waals surface area contributed by atoms with Gasteiger partial charge >= 0.3 is 0 Å². The molecule has 1 aliphatic heterocycles. The van der Waals surface area contributed by atoms with E-state index < -0.39 is 5.92 Å². The van der Waals surface area contributed by atoms with E-state index in [-0.39, 0.29) is 12.4 Å². The molecule has 142 valence electrons. The van der Waals surface area contributed by atoms with Crippen molar-refractivity contribution in [3.05, 3.63) is 106 Å². The van der Waals surface area contributed by atoms with Crippen molar-refractivity contribution in [2.24, 2.45) is 4.99 Å². The number of aliphatic hydroxyl groups is 1. The summed E-state index contributed by atoms with van der Waals surface area (Å²) in [7, 11) is 0. The van der Waals surface area contributed by atoms with Crippen molar-refractivity contribution < 1.29 is 9.90 Å². The molecule has 1 aliphatic carbocycles. The number of hydrogen-bond donors (Lipinski definition) is 1. The Morgan fingerprint density at radius 2 is 1.83 bits per heavy atom. The second-order valence-electron chi connectivity index (χ2n) is 7.47. The third kappa shape index (κ3) is 3.12. The molecule has 4 heteroatoms. The molecular weight excluding hydrogens is 360 g/mol. The summed E-state index contributed by atoms with van der Waals surface area (Å²) in [6, 6.07) is 17.8. The molecule has 0 saturated carbocycles. The Hall–Kier alpha value is -3.37. The molecule has 2 aliphatic rings. The Bertz CT molecular complexity index is 1150. The number of benzene rings is 2. The van der Waals surface area contributed by atoms with Gasteiger partial charge in [-0.2, -0.15) is 0 Å². The van der Waals surface area contributed by atoms with E-state index in [0.29, 0.717) is 13.0 Å². The van der Waals surface area contributed by atoms with E-state index in [1.165, 1.54) is 5.56 Å². The molecule has 0 fully saturated rings. The summed E-state index contributed by atoms with van der Waals surface area (Å²) in [6.45, 7) is 0.471. The van der Waals surface area contributed by atoms with Crippen LogP contribution >= 0.6 is 0 Å². The standard InChI is InChI=1S/C25H20N2O2/c28-15-23(16-4-2-1-3-5-16)25(29)20-10-18-12-21-14-27-24(17-6-8-26-9-7-17)22(21)13-19(18)11-20/h1-9,11-13,23,28H,10,14-15H2/t23-/m1/s1. The van der Waals surface area contributed by atoms with Crippen LogP contribution in [0.15, 0.2) is 77.6 Å². The van der Waals surface area contributed by atoms with Gasteiger partial charge in [0.2, 0.25) is 0 Å². The number of Topliss-reactive ketones (excluding diaryl/α,β-unsaturated/α-hetero) is 1. The average Bonchev–Trinajstić information content (AvgIpc) is 3.37. The quantitative estimate of drug-likeness (QED) is 0.734. The van der Waals surface area contributed by atoms with Gasteiger partial charge in [0.05, 0.1) is 24.8 Å². The summed E-state index contributed by atoms with van der Waals surface area (Å²) in [5.41, 5.74) is 8.20. The number of nitrogens with zero attached hydrogens (tertiary/aromatic N) is 2. The van der Waals surface area contributed by atoms with E-state index in [2.05, 4.69) is 17.1 Å². The van der Waals surface area contributed by atoms with E-state index in [4.69, 9.17) is 4.99 Å². The van der Waals surface area contributed by atoms with Crippen LogP contribution < -0.4 is 0 Å². The van der Waals surface area contributed by atoms with Crippen LogP contribution in [0.4, 0.5) is 0 Å². The van der Waals surface area contributed by atoms with Crippen molar-refractivity contribution in [3.8, 4) is 0 Å². The number of rotatable bonds is 5. The minimum absolute atomic E-state index is 0.00177. The molecular formula is C25H20N2O2. The van der Waals surface area contributed by atoms with Crippen molar-refractivity contribution in [3.63, 3.8) is 0 Å². The molecule has 4 nitrogen and oxygen atoms in total. The number of carbonyl (C=O) groups excluding carboxylic acids is 1. The minimum atomic E-state index is -0.516. The van der Waals surface area contributed by atoms with Gasteiger partial charge in [0.1, 0.15) is 0 Å². The lowest BCUT2D eigenvalue weighted by Gasteiger charge is -2.14. The first-order valence-electron chi connectivity index (χ1n) is 9.76. The van der Waals surface area contributed by atoms with Crippen LogP contribution in [0.1, 0.15) is 39.3 Å². The fourth-order valence-electron chi connectivity index (χ4n) is 4.21. The van der Waals surface area contributed by atoms with Crippen LogP contribution in [0.2, 0.25) is 0 Å². The Balaban J connectivity index is 1.46. The SMILES string of the molecule is O=C(C1=Cc2cc3c(cc2C1)CN=C3c1ccncc1)[C@H](CO)c1ccccc1. The molecule has 1 atom stereocenters. The van der Waals surface area contributed by atoms with Crippen LogP contribution in [-0.2, 0) is 17.8 Å². The summed E-state index contributed by atoms with van der Waals surface area (Å²) >= 11 is 0. The van der Waals surface area contributed by atoms with Crippen LogP contribution in [0.5, 0.6) is 0 Å². The maximum absolute atomic E-state index is 13.1. The van der Waals surface area contributed by atoms with Crippen LogP contribution in [0.25, 0.3) is 6.08 Å². The van der Waals surface area contributed by atoms with Gasteiger partial charge in [0, 0.05) is 35.5 Å². The zero-order valence-electron chi connectivity index (χ0n) is 15.9. The van der Waals surface area contributed by atoms with E-state index >= 15 is 0 Å². The Morgan fingerprint density at radius 1 is 1.03 bits per heavy atom. The molecule has 0 amide bonds. The van der Waals surface area contributed by atoms with Gasteiger partial charge in [-0.1, -0.05) is 36.4 Å². The number of ketones is 1. The smallest absolute Gasteiger partial charge is 0.168 e. The summed E-state index contributed by atoms with van der Waals surface area (Å²) < 4.78 is 0. The predicted octanol–water partition coefficient (Wildman–Crippen LogP) is 3.72. The molecule has 0 radical (unpaired) electrons. The Labute approximate surface area is 169 Å². The lowest BCUT2D eigenvalue weighted by atomic mass is 9.90. The fraction of sp³-hybridized carbons (Fsp3) is 0.160. The maximum atomic E-state index is 13.1. The van der Waals surface area contributed by atoms with Gasteiger partial charge in [-0.05, 0) is 46.5 Å². The zero-order valence-corrected chi connectivity index (χ0v) is 15.9. The second-order valence-corrected chi connectivity index (χ2v) is 7.47. The number of aromatic nitrogens is 1. The van der Waals surface area contributed by atoms with Crippen LogP contribution in [0, 0.1) is 0 Å². The molecule has 5 rings (SSSR count). The number of allylic oxidation sites excluding steroid dienone is 1. The van der Waals surface area contributed by atoms with Crippen molar-refractivity contribution in [2.75, 3.05) is 6.61 Å². The van der Waals surface area contributed by atoms with Gasteiger partial charge in [-0.3, -0.25) is 14.8 Å². The number of aliphatic imine (C=N–C) groups is 1. The summed E-state index contributed by atoms with van der Waals surface area (Å²) in [6.07, 6.45) is 6.14. The summed E-state index contributed by atoms with van der Waals surface area (Å²) in [5, 5.41) is 9.85. The molecule has 0 spiro atoms. The first-order valence-corrected chi connectivity index (χ1v) is 9.76. The summed E-state index contributed by atoms with van der Waals surface area (Å²) in [5.74, 6) is -0.518. The lowest BCUT2D eigenvalue weighted by molar-refractivity contribution is -0.117. The lowest BCUT2D eigenvalue weighted by Crippen LogP contribution is -2.18. The topological polar surface area (TPSA) is 62.5 Å². The number of pyridine rings is 1. The highest BCUT2D eigenvalue weighted by atomic mass is 16.3. The Kier molecular flexibility index (Phi) is 4.41. The third-order valence-corrected chi connectivity index (χ3v) is 5.71. The molecule has 2 heterocycles. The molecule has 1 N–H and O–H groups in total. The van der Waals surface area contributed by atoms with Crippen molar-refractivity contribution >= 4 is 17.6 Å². The first-order chi connectivity index (χ1) is 14.2. The largest absolute Gasteiger partial charge is 0.395 e. The van der Waals surface area contributed by atoms with Crippen molar-refractivity contribution in [2.45, 2.75) is 18.9 Å². The monoisotopic (exact) mass is 380 g/mol. The third-order valence-electron chi connectivity index (χ3n) is 5.71. The average molecular weight is 380 g/mol. The zero-order chi connectivity index (χ0) is 19.8. The molecule has 29 heavy (non-hydrogen) atoms. The molecule has 0 unspecified atom stereocenters. The molecule has 2 aromatic carbocycles. The molecule has 0 saturated heterocycles. The van der Waals surface area contributed by atoms with E-state index in [1.807, 2.05) is 48.5 Å². The Morgan fingerprint density at radius 3 is 2.59 bits per heavy atom. The number of hydrogen-bond acceptors (Lipinski definition) is 4. The number of carbonyl (C=O) groups is 1. The summed E-state index contributed by atoms with van der Waals surface area (Å²) in [4.78, 5) is 21.9. The van der Waals surface area contributed by atoms with Gasteiger partial charge in [0.15, 0.2) is 5.78 Å². The van der Waals surface area contributed by atoms with E-state index in [9.17, 15) is 9.90 Å². The highest BCUT2D eigenvalue weighted by Gasteiger charge is 2.28. The first kappa shape index (κ1) is 17.7. The normalized spacial score (nSPS) is 15.3. The van der Waals surface area contributed by atoms with Gasteiger partial charge < -0.3 is 5.11 Å². The molecule has 1 aromatic heterocycles. The molecule has 3 aromatic rings. The highest BCUT2D eigenvalue weighted by Crippen LogP contribution is 2.34. The van der Waals surface area contributed by atoms with Gasteiger partial charge in [0.25, 0.3) is 0 Å². The molecule has 0 bridgehead atoms. The van der Waals surface area contributed by atoms with Crippen molar-refractivity contribution in [1.29, 1.82) is 0 Å². The highest BCUT2D eigenvalue weighted by molar-refractivity contribution is 6.15. The van der Waals surface area contributed by atoms with Crippen molar-refractivity contribution in [1.82, 2.24) is 4.98 Å². The van der Waals surface area contributed by atoms with Gasteiger partial charge in [-0.25, -0.2) is 0 Å². The predicted molar refractivity (Wildman–Crippen MR) is 113 cm³/mol. The number of aliphatic hydroxyl groups excluding tert-OH is 1. The van der Waals surface area contributed by atoms with Crippen LogP contribution in [-0.4, -0.2) is 28.2 Å². The second kappa shape index (κ2) is 7.22. The number of fused-ring (bicyclic) bond motifs is 2. The maximum Gasteiger partial charge on any atom is 0.168 e. The van der Waals surface area contributed by atoms with Crippen LogP contribution in [0.3, 0.4) is 0 Å². The van der Waals surface area contributed by atoms with Gasteiger partial charge in [-0.15, -0.1) is 0 Å². The fourth-order valence-corrected chi connectivity index (χ4v) is 4.21. The van der Waals surface area contributed by atoms with E-state index in [1.54, 1.807) is 12.4 Å². The van der Waals surface area contributed by atoms with E-state index in [0.717, 1.165) is 39.1 Å². The minimum Gasteiger partial charge on any atom is -0.395 e.